The second kappa shape index (κ2) is 6.30. The Bertz CT molecular complexity index is 201. The molecular formula is C14H27NS. The first-order valence-corrected chi connectivity index (χ1v) is 8.13. The lowest BCUT2D eigenvalue weighted by atomic mass is 9.87. The van der Waals surface area contributed by atoms with E-state index in [-0.39, 0.29) is 0 Å². The topological polar surface area (TPSA) is 12.0 Å². The van der Waals surface area contributed by atoms with Crippen LogP contribution in [0.5, 0.6) is 0 Å². The van der Waals surface area contributed by atoms with E-state index in [0.717, 1.165) is 23.1 Å². The summed E-state index contributed by atoms with van der Waals surface area (Å²) in [6, 6.07) is 0.780. The Hall–Kier alpha value is 0.310. The van der Waals surface area contributed by atoms with Crippen molar-refractivity contribution < 1.29 is 0 Å². The van der Waals surface area contributed by atoms with Gasteiger partial charge in [0.15, 0.2) is 0 Å². The molecule has 2 rings (SSSR count). The van der Waals surface area contributed by atoms with Gasteiger partial charge in [0.05, 0.1) is 0 Å². The molecule has 0 heterocycles. The van der Waals surface area contributed by atoms with Crippen LogP contribution in [0.25, 0.3) is 0 Å². The molecule has 0 saturated heterocycles. The van der Waals surface area contributed by atoms with Crippen molar-refractivity contribution in [2.75, 3.05) is 12.8 Å². The van der Waals surface area contributed by atoms with Crippen LogP contribution < -0.4 is 5.32 Å². The van der Waals surface area contributed by atoms with Crippen molar-refractivity contribution in [3.8, 4) is 0 Å². The maximum absolute atomic E-state index is 3.53. The summed E-state index contributed by atoms with van der Waals surface area (Å²) in [7, 11) is 2.14. The Kier molecular flexibility index (Phi) is 5.02. The predicted octanol–water partition coefficient (Wildman–Crippen LogP) is 3.69. The van der Waals surface area contributed by atoms with Crippen molar-refractivity contribution in [1.29, 1.82) is 0 Å². The second-order valence-corrected chi connectivity index (χ2v) is 7.11. The Balaban J connectivity index is 1.76. The molecule has 3 unspecified atom stereocenters. The highest BCUT2D eigenvalue weighted by Gasteiger charge is 2.28. The van der Waals surface area contributed by atoms with Gasteiger partial charge in [-0.15, -0.1) is 0 Å². The summed E-state index contributed by atoms with van der Waals surface area (Å²) in [5.41, 5.74) is 0. The molecule has 0 aliphatic heterocycles. The summed E-state index contributed by atoms with van der Waals surface area (Å²) in [6.07, 6.45) is 10.2. The standard InChI is InChI=1S/C14H27NS/c1-11-7-8-13(15-2)14(9-11)16-10-12-5-3-4-6-12/h11-15H,3-10H2,1-2H3. The van der Waals surface area contributed by atoms with Gasteiger partial charge in [-0.2, -0.15) is 11.8 Å². The van der Waals surface area contributed by atoms with E-state index in [4.69, 9.17) is 0 Å². The molecule has 1 N–H and O–H groups in total. The first-order valence-electron chi connectivity index (χ1n) is 7.08. The van der Waals surface area contributed by atoms with Gasteiger partial charge in [0.2, 0.25) is 0 Å². The first kappa shape index (κ1) is 12.8. The summed E-state index contributed by atoms with van der Waals surface area (Å²) in [5, 5.41) is 4.41. The third-order valence-electron chi connectivity index (χ3n) is 4.45. The lowest BCUT2D eigenvalue weighted by Crippen LogP contribution is -2.40. The number of nitrogens with one attached hydrogen (secondary N) is 1. The molecule has 94 valence electrons. The molecule has 0 amide bonds. The zero-order chi connectivity index (χ0) is 11.4. The molecule has 2 heteroatoms. The van der Waals surface area contributed by atoms with Gasteiger partial charge in [0, 0.05) is 11.3 Å². The summed E-state index contributed by atoms with van der Waals surface area (Å²) in [6.45, 7) is 2.43. The zero-order valence-electron chi connectivity index (χ0n) is 10.9. The lowest BCUT2D eigenvalue weighted by Gasteiger charge is -2.34. The average Bonchev–Trinajstić information content (AvgIpc) is 2.79. The van der Waals surface area contributed by atoms with Crippen molar-refractivity contribution in [1.82, 2.24) is 5.32 Å². The number of hydrogen-bond donors (Lipinski definition) is 1. The van der Waals surface area contributed by atoms with Crippen LogP contribution in [-0.2, 0) is 0 Å². The van der Waals surface area contributed by atoms with E-state index < -0.39 is 0 Å². The second-order valence-electron chi connectivity index (χ2n) is 5.84. The van der Waals surface area contributed by atoms with Crippen molar-refractivity contribution >= 4 is 11.8 Å². The van der Waals surface area contributed by atoms with Crippen molar-refractivity contribution in [2.45, 2.75) is 63.2 Å². The van der Waals surface area contributed by atoms with Gasteiger partial charge in [-0.25, -0.2) is 0 Å². The molecule has 2 aliphatic rings. The molecule has 0 aromatic rings. The van der Waals surface area contributed by atoms with E-state index in [2.05, 4.69) is 31.1 Å². The minimum absolute atomic E-state index is 0.780. The van der Waals surface area contributed by atoms with Gasteiger partial charge in [-0.1, -0.05) is 19.8 Å². The van der Waals surface area contributed by atoms with E-state index >= 15 is 0 Å². The molecule has 3 atom stereocenters. The van der Waals surface area contributed by atoms with E-state index in [1.807, 2.05) is 0 Å². The first-order chi connectivity index (χ1) is 7.79. The Labute approximate surface area is 105 Å². The van der Waals surface area contributed by atoms with Gasteiger partial charge in [-0.05, 0) is 56.7 Å². The largest absolute Gasteiger partial charge is 0.316 e. The Morgan fingerprint density at radius 2 is 1.88 bits per heavy atom. The quantitative estimate of drug-likeness (QED) is 0.805. The fourth-order valence-electron chi connectivity index (χ4n) is 3.28. The van der Waals surface area contributed by atoms with Gasteiger partial charge in [0.25, 0.3) is 0 Å². The molecule has 0 spiro atoms. The van der Waals surface area contributed by atoms with Crippen LogP contribution in [0, 0.1) is 11.8 Å². The average molecular weight is 241 g/mol. The van der Waals surface area contributed by atoms with Crippen LogP contribution in [0.3, 0.4) is 0 Å². The molecule has 1 nitrogen and oxygen atoms in total. The van der Waals surface area contributed by atoms with Crippen molar-refractivity contribution in [3.63, 3.8) is 0 Å². The molecule has 2 fully saturated rings. The monoisotopic (exact) mass is 241 g/mol. The van der Waals surface area contributed by atoms with Crippen LogP contribution in [0.1, 0.15) is 51.9 Å². The molecule has 2 aliphatic carbocycles. The highest BCUT2D eigenvalue weighted by Crippen LogP contribution is 2.36. The van der Waals surface area contributed by atoms with E-state index in [1.54, 1.807) is 0 Å². The van der Waals surface area contributed by atoms with Crippen molar-refractivity contribution in [3.05, 3.63) is 0 Å². The van der Waals surface area contributed by atoms with Gasteiger partial charge < -0.3 is 5.32 Å². The van der Waals surface area contributed by atoms with Crippen molar-refractivity contribution in [2.24, 2.45) is 11.8 Å². The van der Waals surface area contributed by atoms with E-state index in [1.165, 1.54) is 50.7 Å². The third kappa shape index (κ3) is 3.40. The maximum atomic E-state index is 3.53. The van der Waals surface area contributed by atoms with E-state index in [0.29, 0.717) is 0 Å². The normalized spacial score (nSPS) is 36.8. The molecular weight excluding hydrogens is 214 g/mol. The summed E-state index contributed by atoms with van der Waals surface area (Å²) >= 11 is 2.27. The molecule has 0 bridgehead atoms. The van der Waals surface area contributed by atoms with Crippen LogP contribution in [0.4, 0.5) is 0 Å². The fourth-order valence-corrected chi connectivity index (χ4v) is 5.10. The lowest BCUT2D eigenvalue weighted by molar-refractivity contribution is 0.328. The maximum Gasteiger partial charge on any atom is 0.0203 e. The zero-order valence-corrected chi connectivity index (χ0v) is 11.7. The number of thioether (sulfide) groups is 1. The van der Waals surface area contributed by atoms with Gasteiger partial charge in [-0.3, -0.25) is 0 Å². The third-order valence-corrected chi connectivity index (χ3v) is 6.06. The van der Waals surface area contributed by atoms with Crippen LogP contribution in [-0.4, -0.2) is 24.1 Å². The summed E-state index contributed by atoms with van der Waals surface area (Å²) in [5.74, 6) is 3.42. The summed E-state index contributed by atoms with van der Waals surface area (Å²) < 4.78 is 0. The Morgan fingerprint density at radius 3 is 2.56 bits per heavy atom. The molecule has 0 radical (unpaired) electrons. The van der Waals surface area contributed by atoms with Crippen LogP contribution >= 0.6 is 11.8 Å². The highest BCUT2D eigenvalue weighted by molar-refractivity contribution is 7.99. The SMILES string of the molecule is CNC1CCC(C)CC1SCC1CCCC1. The fraction of sp³-hybridized carbons (Fsp3) is 1.00. The number of hydrogen-bond acceptors (Lipinski definition) is 2. The molecule has 2 saturated carbocycles. The van der Waals surface area contributed by atoms with Crippen LogP contribution in [0.2, 0.25) is 0 Å². The Morgan fingerprint density at radius 1 is 1.12 bits per heavy atom. The van der Waals surface area contributed by atoms with Crippen LogP contribution in [0.15, 0.2) is 0 Å². The minimum atomic E-state index is 0.780. The van der Waals surface area contributed by atoms with E-state index in [9.17, 15) is 0 Å². The molecule has 16 heavy (non-hydrogen) atoms. The molecule has 0 aromatic carbocycles. The predicted molar refractivity (Wildman–Crippen MR) is 74.1 cm³/mol. The highest BCUT2D eigenvalue weighted by atomic mass is 32.2. The number of rotatable bonds is 4. The minimum Gasteiger partial charge on any atom is -0.316 e. The smallest absolute Gasteiger partial charge is 0.0203 e. The van der Waals surface area contributed by atoms with Gasteiger partial charge >= 0.3 is 0 Å². The molecule has 0 aromatic heterocycles. The van der Waals surface area contributed by atoms with Gasteiger partial charge in [0.1, 0.15) is 0 Å². The summed E-state index contributed by atoms with van der Waals surface area (Å²) in [4.78, 5) is 0.